The van der Waals surface area contributed by atoms with Crippen molar-refractivity contribution in [2.24, 2.45) is 0 Å². The Morgan fingerprint density at radius 3 is 1.10 bits per heavy atom. The molecule has 0 aliphatic carbocycles. The Kier molecular flexibility index (Phi) is 47.9. The van der Waals surface area contributed by atoms with Crippen molar-refractivity contribution in [3.63, 3.8) is 0 Å². The van der Waals surface area contributed by atoms with Crippen LogP contribution < -0.4 is 0 Å². The number of hydrogen-bond acceptors (Lipinski definition) is 6. The fourth-order valence-electron chi connectivity index (χ4n) is 7.15. The average Bonchev–Trinajstić information content (AvgIpc) is 3.27. The minimum atomic E-state index is -0.799. The van der Waals surface area contributed by atoms with E-state index in [4.69, 9.17) is 14.2 Å². The molecule has 1 atom stereocenters. The van der Waals surface area contributed by atoms with Gasteiger partial charge in [-0.05, 0) is 57.8 Å². The van der Waals surface area contributed by atoms with E-state index in [-0.39, 0.29) is 37.5 Å². The number of hydrogen-bond donors (Lipinski definition) is 0. The summed E-state index contributed by atoms with van der Waals surface area (Å²) in [6.07, 6.45) is 63.2. The molecular weight excluding hydrogens is 769 g/mol. The summed E-state index contributed by atoms with van der Waals surface area (Å²) in [5.41, 5.74) is 0. The van der Waals surface area contributed by atoms with Gasteiger partial charge in [0.1, 0.15) is 13.2 Å². The van der Waals surface area contributed by atoms with Gasteiger partial charge in [-0.25, -0.2) is 0 Å². The maximum Gasteiger partial charge on any atom is 0.306 e. The second-order valence-electron chi connectivity index (χ2n) is 17.2. The lowest BCUT2D eigenvalue weighted by Gasteiger charge is -2.18. The van der Waals surface area contributed by atoms with Crippen LogP contribution in [0.25, 0.3) is 0 Å². The molecular formula is C56H96O6. The molecule has 0 bridgehead atoms. The van der Waals surface area contributed by atoms with Crippen LogP contribution in [0.4, 0.5) is 0 Å². The van der Waals surface area contributed by atoms with E-state index in [1.807, 2.05) is 48.6 Å². The second-order valence-corrected chi connectivity index (χ2v) is 17.2. The maximum atomic E-state index is 12.8. The zero-order valence-electron chi connectivity index (χ0n) is 40.6. The summed E-state index contributed by atoms with van der Waals surface area (Å²) >= 11 is 0. The van der Waals surface area contributed by atoms with Gasteiger partial charge in [-0.15, -0.1) is 0 Å². The molecule has 6 heteroatoms. The highest BCUT2D eigenvalue weighted by atomic mass is 16.6. The third-order valence-corrected chi connectivity index (χ3v) is 11.1. The molecule has 356 valence electrons. The molecule has 0 radical (unpaired) electrons. The van der Waals surface area contributed by atoms with Crippen molar-refractivity contribution in [3.8, 4) is 0 Å². The van der Waals surface area contributed by atoms with Gasteiger partial charge in [0, 0.05) is 19.3 Å². The lowest BCUT2D eigenvalue weighted by atomic mass is 10.0. The third kappa shape index (κ3) is 47.9. The predicted molar refractivity (Wildman–Crippen MR) is 265 cm³/mol. The molecule has 0 saturated carbocycles. The first-order valence-electron chi connectivity index (χ1n) is 26.0. The second kappa shape index (κ2) is 50.5. The van der Waals surface area contributed by atoms with Crippen molar-refractivity contribution in [1.29, 1.82) is 0 Å². The summed E-state index contributed by atoms with van der Waals surface area (Å²) in [5.74, 6) is -0.948. The first-order chi connectivity index (χ1) is 30.5. The Hall–Kier alpha value is -3.15. The van der Waals surface area contributed by atoms with E-state index in [1.165, 1.54) is 116 Å². The molecule has 0 aromatic heterocycles. The van der Waals surface area contributed by atoms with Gasteiger partial charge in [0.25, 0.3) is 0 Å². The highest BCUT2D eigenvalue weighted by molar-refractivity contribution is 5.71. The smallest absolute Gasteiger partial charge is 0.306 e. The van der Waals surface area contributed by atoms with Gasteiger partial charge in [0.15, 0.2) is 6.10 Å². The molecule has 0 amide bonds. The van der Waals surface area contributed by atoms with Gasteiger partial charge in [-0.1, -0.05) is 241 Å². The number of rotatable bonds is 46. The molecule has 0 heterocycles. The van der Waals surface area contributed by atoms with Crippen molar-refractivity contribution in [3.05, 3.63) is 72.9 Å². The van der Waals surface area contributed by atoms with E-state index in [2.05, 4.69) is 45.1 Å². The first kappa shape index (κ1) is 58.9. The first-order valence-corrected chi connectivity index (χ1v) is 26.0. The molecule has 0 spiro atoms. The Morgan fingerprint density at radius 2 is 0.661 bits per heavy atom. The zero-order chi connectivity index (χ0) is 45.1. The molecule has 62 heavy (non-hydrogen) atoms. The number of esters is 3. The molecule has 0 fully saturated rings. The monoisotopic (exact) mass is 865 g/mol. The molecule has 0 aliphatic rings. The van der Waals surface area contributed by atoms with E-state index in [0.29, 0.717) is 19.3 Å². The van der Waals surface area contributed by atoms with Crippen LogP contribution in [0.1, 0.15) is 245 Å². The standard InChI is InChI=1S/C56H96O6/c1-4-7-10-13-16-19-22-24-26-27-28-29-31-32-34-37-40-43-46-49-55(58)61-52-53(51-60-54(57)48-45-42-39-36-21-18-15-12-9-6-3)62-56(59)50-47-44-41-38-35-33-30-25-23-20-17-14-11-8-5-2/h8,11,14-15,17-18,20,23,25,30,33,35,53H,4-7,9-10,12-13,16,19,21-22,24,26-29,31-32,34,36-52H2,1-3H3/b11-8-,17-14-,18-15-,23-20-,30-25-,35-33-. The van der Waals surface area contributed by atoms with Gasteiger partial charge in [-0.2, -0.15) is 0 Å². The normalized spacial score (nSPS) is 12.6. The van der Waals surface area contributed by atoms with Crippen molar-refractivity contribution in [2.75, 3.05) is 13.2 Å². The Bertz CT molecular complexity index is 1180. The number of ether oxygens (including phenoxy) is 3. The molecule has 0 aromatic rings. The summed E-state index contributed by atoms with van der Waals surface area (Å²) in [7, 11) is 0. The molecule has 0 aliphatic heterocycles. The summed E-state index contributed by atoms with van der Waals surface area (Å²) < 4.78 is 16.7. The van der Waals surface area contributed by atoms with Gasteiger partial charge in [0.2, 0.25) is 0 Å². The van der Waals surface area contributed by atoms with Gasteiger partial charge < -0.3 is 14.2 Å². The van der Waals surface area contributed by atoms with E-state index >= 15 is 0 Å². The topological polar surface area (TPSA) is 78.9 Å². The van der Waals surface area contributed by atoms with Crippen molar-refractivity contribution >= 4 is 17.9 Å². The summed E-state index contributed by atoms with van der Waals surface area (Å²) in [6.45, 7) is 6.41. The summed E-state index contributed by atoms with van der Waals surface area (Å²) in [4.78, 5) is 37.9. The molecule has 0 rings (SSSR count). The van der Waals surface area contributed by atoms with Crippen LogP contribution in [0.2, 0.25) is 0 Å². The van der Waals surface area contributed by atoms with E-state index in [0.717, 1.165) is 83.5 Å². The molecule has 1 unspecified atom stereocenters. The maximum absolute atomic E-state index is 12.8. The van der Waals surface area contributed by atoms with Gasteiger partial charge in [-0.3, -0.25) is 14.4 Å². The zero-order valence-corrected chi connectivity index (χ0v) is 40.6. The van der Waals surface area contributed by atoms with Crippen molar-refractivity contribution < 1.29 is 28.6 Å². The molecule has 0 N–H and O–H groups in total. The Balaban J connectivity index is 4.37. The van der Waals surface area contributed by atoms with Crippen LogP contribution in [0.15, 0.2) is 72.9 Å². The highest BCUT2D eigenvalue weighted by Crippen LogP contribution is 2.16. The van der Waals surface area contributed by atoms with Crippen LogP contribution in [0.3, 0.4) is 0 Å². The fourth-order valence-corrected chi connectivity index (χ4v) is 7.15. The van der Waals surface area contributed by atoms with Crippen LogP contribution in [-0.4, -0.2) is 37.2 Å². The SMILES string of the molecule is CC\C=C/C=C\C=C/C=C\C=C/CCCCCC(=O)OC(COC(=O)CCCCCC/C=C\CCCC)COC(=O)CCCCCCCCCCCCCCCCCCCCC. The summed E-state index contributed by atoms with van der Waals surface area (Å²) in [5, 5.41) is 0. The van der Waals surface area contributed by atoms with Gasteiger partial charge in [0.05, 0.1) is 0 Å². The minimum Gasteiger partial charge on any atom is -0.462 e. The minimum absolute atomic E-state index is 0.0948. The van der Waals surface area contributed by atoms with Crippen molar-refractivity contribution in [1.82, 2.24) is 0 Å². The van der Waals surface area contributed by atoms with Crippen LogP contribution in [0, 0.1) is 0 Å². The highest BCUT2D eigenvalue weighted by Gasteiger charge is 2.19. The van der Waals surface area contributed by atoms with Gasteiger partial charge >= 0.3 is 17.9 Å². The van der Waals surface area contributed by atoms with Crippen LogP contribution in [0.5, 0.6) is 0 Å². The van der Waals surface area contributed by atoms with Crippen molar-refractivity contribution in [2.45, 2.75) is 252 Å². The number of carbonyl (C=O) groups excluding carboxylic acids is 3. The third-order valence-electron chi connectivity index (χ3n) is 11.1. The summed E-state index contributed by atoms with van der Waals surface area (Å²) in [6, 6.07) is 0. The average molecular weight is 865 g/mol. The van der Waals surface area contributed by atoms with E-state index in [9.17, 15) is 14.4 Å². The molecule has 6 nitrogen and oxygen atoms in total. The fraction of sp³-hybridized carbons (Fsp3) is 0.732. The predicted octanol–water partition coefficient (Wildman–Crippen LogP) is 17.0. The van der Waals surface area contributed by atoms with E-state index in [1.54, 1.807) is 0 Å². The quantitative estimate of drug-likeness (QED) is 0.0199. The lowest BCUT2D eigenvalue weighted by molar-refractivity contribution is -0.167. The van der Waals surface area contributed by atoms with E-state index < -0.39 is 6.10 Å². The Morgan fingerprint density at radius 1 is 0.339 bits per heavy atom. The van der Waals surface area contributed by atoms with Crippen LogP contribution >= 0.6 is 0 Å². The number of carbonyl (C=O) groups is 3. The molecule has 0 aromatic carbocycles. The largest absolute Gasteiger partial charge is 0.462 e. The Labute approximate surface area is 382 Å². The van der Waals surface area contributed by atoms with Crippen LogP contribution in [-0.2, 0) is 28.6 Å². The number of allylic oxidation sites excluding steroid dienone is 12. The molecule has 0 saturated heterocycles. The number of unbranched alkanes of at least 4 members (excludes halogenated alkanes) is 27. The lowest BCUT2D eigenvalue weighted by Crippen LogP contribution is -2.30.